The molecule has 1 nitrogen and oxygen atoms in total. The molecule has 0 saturated heterocycles. The zero-order valence-corrected chi connectivity index (χ0v) is 11.2. The summed E-state index contributed by atoms with van der Waals surface area (Å²) in [5.74, 6) is -0.319. The highest BCUT2D eigenvalue weighted by molar-refractivity contribution is 7.19. The van der Waals surface area contributed by atoms with Crippen molar-refractivity contribution < 1.29 is 9.50 Å². The molecule has 0 aliphatic carbocycles. The van der Waals surface area contributed by atoms with Gasteiger partial charge in [0.25, 0.3) is 0 Å². The monoisotopic (exact) mass is 272 g/mol. The van der Waals surface area contributed by atoms with Crippen LogP contribution in [-0.2, 0) is 0 Å². The van der Waals surface area contributed by atoms with Gasteiger partial charge in [0.2, 0.25) is 0 Å². The minimum atomic E-state index is -0.770. The van der Waals surface area contributed by atoms with Crippen molar-refractivity contribution in [1.82, 2.24) is 0 Å². The molecule has 0 aliphatic heterocycles. The zero-order valence-electron chi connectivity index (χ0n) is 10.4. The molecule has 96 valence electrons. The Bertz CT molecular complexity index is 699. The highest BCUT2D eigenvalue weighted by Crippen LogP contribution is 2.34. The van der Waals surface area contributed by atoms with Crippen molar-refractivity contribution in [3.63, 3.8) is 0 Å². The molecule has 0 fully saturated rings. The summed E-state index contributed by atoms with van der Waals surface area (Å²) in [5, 5.41) is 11.5. The standard InChI is InChI=1S/C16H13FOS/c1-10-6-7-12(17)9-13(10)16(18)15-8-11-4-2-3-5-14(11)19-15/h2-9,16,18H,1H3. The summed E-state index contributed by atoms with van der Waals surface area (Å²) in [5.41, 5.74) is 1.53. The maximum absolute atomic E-state index is 13.3. The minimum Gasteiger partial charge on any atom is -0.383 e. The number of hydrogen-bond acceptors (Lipinski definition) is 2. The zero-order chi connectivity index (χ0) is 13.4. The van der Waals surface area contributed by atoms with E-state index in [4.69, 9.17) is 0 Å². The fourth-order valence-electron chi connectivity index (χ4n) is 2.20. The minimum absolute atomic E-state index is 0.319. The van der Waals surface area contributed by atoms with Gasteiger partial charge in [-0.15, -0.1) is 11.3 Å². The first-order valence-corrected chi connectivity index (χ1v) is 6.89. The van der Waals surface area contributed by atoms with Crippen molar-refractivity contribution >= 4 is 21.4 Å². The average molecular weight is 272 g/mol. The summed E-state index contributed by atoms with van der Waals surface area (Å²) in [6.07, 6.45) is -0.770. The third kappa shape index (κ3) is 2.27. The van der Waals surface area contributed by atoms with Gasteiger partial charge in [-0.05, 0) is 47.7 Å². The molecular weight excluding hydrogens is 259 g/mol. The van der Waals surface area contributed by atoms with Gasteiger partial charge in [-0.25, -0.2) is 4.39 Å². The fourth-order valence-corrected chi connectivity index (χ4v) is 3.27. The Morgan fingerprint density at radius 3 is 2.68 bits per heavy atom. The Morgan fingerprint density at radius 1 is 1.11 bits per heavy atom. The fraction of sp³-hybridized carbons (Fsp3) is 0.125. The summed E-state index contributed by atoms with van der Waals surface area (Å²) in [4.78, 5) is 0.843. The van der Waals surface area contributed by atoms with Crippen LogP contribution in [0.5, 0.6) is 0 Å². The molecule has 0 aliphatic rings. The lowest BCUT2D eigenvalue weighted by molar-refractivity contribution is 0.223. The van der Waals surface area contributed by atoms with Crippen molar-refractivity contribution in [2.24, 2.45) is 0 Å². The van der Waals surface area contributed by atoms with E-state index in [1.54, 1.807) is 17.4 Å². The van der Waals surface area contributed by atoms with Crippen LogP contribution in [0.15, 0.2) is 48.5 Å². The van der Waals surface area contributed by atoms with Crippen LogP contribution in [0.4, 0.5) is 4.39 Å². The smallest absolute Gasteiger partial charge is 0.123 e. The third-order valence-electron chi connectivity index (χ3n) is 3.25. The summed E-state index contributed by atoms with van der Waals surface area (Å²) in [6, 6.07) is 14.5. The molecule has 1 unspecified atom stereocenters. The first kappa shape index (κ1) is 12.3. The van der Waals surface area contributed by atoms with Crippen molar-refractivity contribution in [2.45, 2.75) is 13.0 Å². The summed E-state index contributed by atoms with van der Waals surface area (Å²) >= 11 is 1.54. The number of fused-ring (bicyclic) bond motifs is 1. The molecule has 1 aromatic heterocycles. The lowest BCUT2D eigenvalue weighted by atomic mass is 10.0. The largest absolute Gasteiger partial charge is 0.383 e. The molecule has 0 saturated carbocycles. The lowest BCUT2D eigenvalue weighted by Crippen LogP contribution is -2.00. The van der Waals surface area contributed by atoms with E-state index in [0.717, 1.165) is 20.5 Å². The van der Waals surface area contributed by atoms with Gasteiger partial charge >= 0.3 is 0 Å². The van der Waals surface area contributed by atoms with E-state index < -0.39 is 6.10 Å². The normalized spacial score (nSPS) is 12.8. The molecule has 1 atom stereocenters. The molecule has 0 spiro atoms. The van der Waals surface area contributed by atoms with Crippen LogP contribution < -0.4 is 0 Å². The van der Waals surface area contributed by atoms with Crippen LogP contribution in [0.3, 0.4) is 0 Å². The molecule has 1 N–H and O–H groups in total. The van der Waals surface area contributed by atoms with Gasteiger partial charge in [0.15, 0.2) is 0 Å². The molecular formula is C16H13FOS. The van der Waals surface area contributed by atoms with E-state index in [-0.39, 0.29) is 5.82 Å². The van der Waals surface area contributed by atoms with Gasteiger partial charge < -0.3 is 5.11 Å². The average Bonchev–Trinajstić information content (AvgIpc) is 2.84. The molecule has 3 aromatic rings. The number of rotatable bonds is 2. The van der Waals surface area contributed by atoms with Crippen LogP contribution in [0.25, 0.3) is 10.1 Å². The van der Waals surface area contributed by atoms with Crippen molar-refractivity contribution in [3.05, 3.63) is 70.4 Å². The first-order valence-electron chi connectivity index (χ1n) is 6.08. The molecule has 19 heavy (non-hydrogen) atoms. The van der Waals surface area contributed by atoms with E-state index in [1.807, 2.05) is 37.3 Å². The van der Waals surface area contributed by atoms with Crippen molar-refractivity contribution in [1.29, 1.82) is 0 Å². The molecule has 3 heteroatoms. The van der Waals surface area contributed by atoms with E-state index in [0.29, 0.717) is 5.56 Å². The summed E-state index contributed by atoms with van der Waals surface area (Å²) in [6.45, 7) is 1.88. The molecule has 1 heterocycles. The second kappa shape index (κ2) is 4.76. The van der Waals surface area contributed by atoms with Crippen LogP contribution >= 0.6 is 11.3 Å². The van der Waals surface area contributed by atoms with Crippen molar-refractivity contribution in [2.75, 3.05) is 0 Å². The number of halogens is 1. The number of hydrogen-bond donors (Lipinski definition) is 1. The molecule has 0 bridgehead atoms. The van der Waals surface area contributed by atoms with Crippen LogP contribution in [-0.4, -0.2) is 5.11 Å². The SMILES string of the molecule is Cc1ccc(F)cc1C(O)c1cc2ccccc2s1. The highest BCUT2D eigenvalue weighted by atomic mass is 32.1. The topological polar surface area (TPSA) is 20.2 Å². The van der Waals surface area contributed by atoms with Gasteiger partial charge in [-0.1, -0.05) is 24.3 Å². The van der Waals surface area contributed by atoms with E-state index in [1.165, 1.54) is 12.1 Å². The Labute approximate surface area is 115 Å². The Balaban J connectivity index is 2.07. The summed E-state index contributed by atoms with van der Waals surface area (Å²) in [7, 11) is 0. The molecule has 2 aromatic carbocycles. The van der Waals surface area contributed by atoms with E-state index >= 15 is 0 Å². The Kier molecular flexibility index (Phi) is 3.09. The maximum Gasteiger partial charge on any atom is 0.123 e. The van der Waals surface area contributed by atoms with Crippen LogP contribution in [0.1, 0.15) is 22.1 Å². The van der Waals surface area contributed by atoms with E-state index in [2.05, 4.69) is 0 Å². The van der Waals surface area contributed by atoms with Crippen LogP contribution in [0, 0.1) is 12.7 Å². The highest BCUT2D eigenvalue weighted by Gasteiger charge is 2.16. The Morgan fingerprint density at radius 2 is 1.89 bits per heavy atom. The first-order chi connectivity index (χ1) is 9.15. The summed E-state index contributed by atoms with van der Waals surface area (Å²) < 4.78 is 14.5. The van der Waals surface area contributed by atoms with Gasteiger partial charge in [-0.2, -0.15) is 0 Å². The lowest BCUT2D eigenvalue weighted by Gasteiger charge is -2.12. The second-order valence-electron chi connectivity index (χ2n) is 4.59. The number of aliphatic hydroxyl groups excluding tert-OH is 1. The van der Waals surface area contributed by atoms with Gasteiger partial charge in [0.1, 0.15) is 11.9 Å². The number of thiophene rings is 1. The predicted octanol–water partition coefficient (Wildman–Crippen LogP) is 4.43. The molecule has 0 radical (unpaired) electrons. The van der Waals surface area contributed by atoms with Gasteiger partial charge in [0, 0.05) is 9.58 Å². The predicted molar refractivity (Wildman–Crippen MR) is 77.0 cm³/mol. The maximum atomic E-state index is 13.3. The second-order valence-corrected chi connectivity index (χ2v) is 5.71. The van der Waals surface area contributed by atoms with Crippen molar-refractivity contribution in [3.8, 4) is 0 Å². The number of aryl methyl sites for hydroxylation is 1. The third-order valence-corrected chi connectivity index (χ3v) is 4.42. The van der Waals surface area contributed by atoms with Gasteiger partial charge in [0.05, 0.1) is 0 Å². The number of aliphatic hydroxyl groups is 1. The molecule has 0 amide bonds. The van der Waals surface area contributed by atoms with E-state index in [9.17, 15) is 9.50 Å². The quantitative estimate of drug-likeness (QED) is 0.731. The Hall–Kier alpha value is -1.71. The van der Waals surface area contributed by atoms with Crippen LogP contribution in [0.2, 0.25) is 0 Å². The molecule has 3 rings (SSSR count). The van der Waals surface area contributed by atoms with Gasteiger partial charge in [-0.3, -0.25) is 0 Å². The number of benzene rings is 2.